The third-order valence-corrected chi connectivity index (χ3v) is 4.14. The van der Waals surface area contributed by atoms with Crippen molar-refractivity contribution in [3.63, 3.8) is 0 Å². The van der Waals surface area contributed by atoms with Gasteiger partial charge in [0.25, 0.3) is 11.8 Å². The van der Waals surface area contributed by atoms with E-state index in [0.717, 1.165) is 5.56 Å². The van der Waals surface area contributed by atoms with E-state index in [1.54, 1.807) is 42.5 Å². The number of nitrogens with one attached hydrogen (secondary N) is 3. The lowest BCUT2D eigenvalue weighted by atomic mass is 10.2. The minimum atomic E-state index is -0.319. The summed E-state index contributed by atoms with van der Waals surface area (Å²) in [5.41, 5.74) is 1.87. The van der Waals surface area contributed by atoms with Gasteiger partial charge < -0.3 is 20.7 Å². The average molecular weight is 404 g/mol. The van der Waals surface area contributed by atoms with Gasteiger partial charge in [-0.3, -0.25) is 14.4 Å². The molecule has 0 radical (unpaired) electrons. The number of hydrogen-bond donors (Lipinski definition) is 3. The number of aryl methyl sites for hydroxylation is 1. The molecule has 3 N–H and O–H groups in total. The SMILES string of the molecule is CC(=O)NCCNC(=O)c1ccc(NC(=O)COc2ccc(Cl)c(C)c2)cc1. The molecule has 0 saturated carbocycles. The van der Waals surface area contributed by atoms with Crippen LogP contribution in [0.25, 0.3) is 0 Å². The Morgan fingerprint density at radius 3 is 2.32 bits per heavy atom. The van der Waals surface area contributed by atoms with E-state index in [1.807, 2.05) is 6.92 Å². The van der Waals surface area contributed by atoms with Crippen molar-refractivity contribution in [3.05, 3.63) is 58.6 Å². The van der Waals surface area contributed by atoms with Crippen LogP contribution < -0.4 is 20.7 Å². The van der Waals surface area contributed by atoms with E-state index in [0.29, 0.717) is 35.1 Å². The second-order valence-electron chi connectivity index (χ2n) is 6.06. The monoisotopic (exact) mass is 403 g/mol. The van der Waals surface area contributed by atoms with E-state index in [1.165, 1.54) is 6.92 Å². The van der Waals surface area contributed by atoms with Gasteiger partial charge in [0.05, 0.1) is 0 Å². The summed E-state index contributed by atoms with van der Waals surface area (Å²) in [5.74, 6) is -0.169. The van der Waals surface area contributed by atoms with Gasteiger partial charge in [0.15, 0.2) is 6.61 Å². The molecule has 2 aromatic carbocycles. The molecule has 0 aromatic heterocycles. The van der Waals surface area contributed by atoms with Gasteiger partial charge in [0.1, 0.15) is 5.75 Å². The highest BCUT2D eigenvalue weighted by Crippen LogP contribution is 2.21. The average Bonchev–Trinajstić information content (AvgIpc) is 2.66. The molecular formula is C20H22ClN3O4. The number of hydrogen-bond acceptors (Lipinski definition) is 4. The highest BCUT2D eigenvalue weighted by molar-refractivity contribution is 6.31. The molecule has 0 saturated heterocycles. The Morgan fingerprint density at radius 1 is 1.00 bits per heavy atom. The molecule has 28 heavy (non-hydrogen) atoms. The Morgan fingerprint density at radius 2 is 1.68 bits per heavy atom. The Balaban J connectivity index is 1.79. The van der Waals surface area contributed by atoms with E-state index in [4.69, 9.17) is 16.3 Å². The third-order valence-electron chi connectivity index (χ3n) is 3.71. The van der Waals surface area contributed by atoms with Gasteiger partial charge in [0.2, 0.25) is 5.91 Å². The first kappa shape index (κ1) is 21.2. The number of carbonyl (C=O) groups is 3. The van der Waals surface area contributed by atoms with Crippen LogP contribution in [0.5, 0.6) is 5.75 Å². The van der Waals surface area contributed by atoms with Crippen molar-refractivity contribution in [1.29, 1.82) is 0 Å². The van der Waals surface area contributed by atoms with Crippen LogP contribution in [0.1, 0.15) is 22.8 Å². The smallest absolute Gasteiger partial charge is 0.262 e. The van der Waals surface area contributed by atoms with Gasteiger partial charge in [-0.2, -0.15) is 0 Å². The maximum Gasteiger partial charge on any atom is 0.262 e. The van der Waals surface area contributed by atoms with Gasteiger partial charge in [0, 0.05) is 36.3 Å². The number of amides is 3. The molecular weight excluding hydrogens is 382 g/mol. The molecule has 2 aromatic rings. The second kappa shape index (κ2) is 10.3. The quantitative estimate of drug-likeness (QED) is 0.590. The summed E-state index contributed by atoms with van der Waals surface area (Å²) >= 11 is 5.95. The van der Waals surface area contributed by atoms with E-state index in [9.17, 15) is 14.4 Å². The zero-order valence-corrected chi connectivity index (χ0v) is 16.4. The van der Waals surface area contributed by atoms with Crippen molar-refractivity contribution in [2.45, 2.75) is 13.8 Å². The largest absolute Gasteiger partial charge is 0.484 e. The molecule has 8 heteroatoms. The second-order valence-corrected chi connectivity index (χ2v) is 6.47. The number of anilines is 1. The van der Waals surface area contributed by atoms with Gasteiger partial charge >= 0.3 is 0 Å². The van der Waals surface area contributed by atoms with Crippen LogP contribution in [-0.4, -0.2) is 37.4 Å². The van der Waals surface area contributed by atoms with Crippen LogP contribution in [0, 0.1) is 6.92 Å². The van der Waals surface area contributed by atoms with Crippen molar-refractivity contribution in [1.82, 2.24) is 10.6 Å². The van der Waals surface area contributed by atoms with Gasteiger partial charge in [-0.15, -0.1) is 0 Å². The van der Waals surface area contributed by atoms with Crippen LogP contribution in [0.4, 0.5) is 5.69 Å². The van der Waals surface area contributed by atoms with E-state index < -0.39 is 0 Å². The van der Waals surface area contributed by atoms with E-state index >= 15 is 0 Å². The first-order valence-corrected chi connectivity index (χ1v) is 9.04. The minimum Gasteiger partial charge on any atom is -0.484 e. The summed E-state index contributed by atoms with van der Waals surface area (Å²) in [6.45, 7) is 3.82. The molecule has 0 atom stereocenters. The highest BCUT2D eigenvalue weighted by Gasteiger charge is 2.08. The Labute approximate surface area is 168 Å². The maximum atomic E-state index is 12.0. The molecule has 0 aliphatic heterocycles. The summed E-state index contributed by atoms with van der Waals surface area (Å²) < 4.78 is 5.44. The topological polar surface area (TPSA) is 96.5 Å². The summed E-state index contributed by atoms with van der Waals surface area (Å²) in [4.78, 5) is 34.8. The molecule has 0 aliphatic carbocycles. The number of halogens is 1. The summed E-state index contributed by atoms with van der Waals surface area (Å²) in [6, 6.07) is 11.6. The van der Waals surface area contributed by atoms with Crippen LogP contribution in [0.2, 0.25) is 5.02 Å². The Bertz CT molecular complexity index is 853. The summed E-state index contributed by atoms with van der Waals surface area (Å²) in [5, 5.41) is 8.62. The molecule has 0 fully saturated rings. The number of benzene rings is 2. The fourth-order valence-corrected chi connectivity index (χ4v) is 2.39. The van der Waals surface area contributed by atoms with Crippen LogP contribution >= 0.6 is 11.6 Å². The molecule has 148 valence electrons. The first-order chi connectivity index (χ1) is 13.3. The van der Waals surface area contributed by atoms with Crippen LogP contribution in [0.15, 0.2) is 42.5 Å². The van der Waals surface area contributed by atoms with Crippen molar-refractivity contribution in [3.8, 4) is 5.75 Å². The predicted molar refractivity (Wildman–Crippen MR) is 108 cm³/mol. The molecule has 0 bridgehead atoms. The highest BCUT2D eigenvalue weighted by atomic mass is 35.5. The van der Waals surface area contributed by atoms with Crippen molar-refractivity contribution >= 4 is 35.0 Å². The van der Waals surface area contributed by atoms with Gasteiger partial charge in [-0.05, 0) is 55.0 Å². The van der Waals surface area contributed by atoms with Crippen molar-refractivity contribution in [2.75, 3.05) is 25.0 Å². The lowest BCUT2D eigenvalue weighted by Crippen LogP contribution is -2.33. The van der Waals surface area contributed by atoms with Gasteiger partial charge in [-0.1, -0.05) is 11.6 Å². The van der Waals surface area contributed by atoms with Crippen molar-refractivity contribution < 1.29 is 19.1 Å². The minimum absolute atomic E-state index is 0.146. The first-order valence-electron chi connectivity index (χ1n) is 8.66. The summed E-state index contributed by atoms with van der Waals surface area (Å²) in [6.07, 6.45) is 0. The number of carbonyl (C=O) groups excluding carboxylic acids is 3. The molecule has 3 amide bonds. The molecule has 0 spiro atoms. The van der Waals surface area contributed by atoms with Crippen LogP contribution in [0.3, 0.4) is 0 Å². The number of ether oxygens (including phenoxy) is 1. The molecule has 0 heterocycles. The fourth-order valence-electron chi connectivity index (χ4n) is 2.27. The third kappa shape index (κ3) is 6.92. The van der Waals surface area contributed by atoms with Gasteiger partial charge in [-0.25, -0.2) is 0 Å². The lowest BCUT2D eigenvalue weighted by Gasteiger charge is -2.09. The zero-order chi connectivity index (χ0) is 20.5. The van der Waals surface area contributed by atoms with E-state index in [-0.39, 0.29) is 24.3 Å². The molecule has 2 rings (SSSR count). The van der Waals surface area contributed by atoms with Crippen LogP contribution in [-0.2, 0) is 9.59 Å². The summed E-state index contributed by atoms with van der Waals surface area (Å²) in [7, 11) is 0. The standard InChI is InChI=1S/C20H22ClN3O4/c1-13-11-17(7-8-18(13)21)28-12-19(26)24-16-5-3-15(4-6-16)20(27)23-10-9-22-14(2)25/h3-8,11H,9-10,12H2,1-2H3,(H,22,25)(H,23,27)(H,24,26). The molecule has 7 nitrogen and oxygen atoms in total. The Hall–Kier alpha value is -3.06. The molecule has 0 unspecified atom stereocenters. The Kier molecular flexibility index (Phi) is 7.83. The fraction of sp³-hybridized carbons (Fsp3) is 0.250. The van der Waals surface area contributed by atoms with Crippen molar-refractivity contribution in [2.24, 2.45) is 0 Å². The lowest BCUT2D eigenvalue weighted by molar-refractivity contribution is -0.119. The normalized spacial score (nSPS) is 10.1. The molecule has 0 aliphatic rings. The van der Waals surface area contributed by atoms with E-state index in [2.05, 4.69) is 16.0 Å². The predicted octanol–water partition coefficient (Wildman–Crippen LogP) is 2.53. The number of rotatable bonds is 8. The maximum absolute atomic E-state index is 12.0. The zero-order valence-electron chi connectivity index (χ0n) is 15.7.